The van der Waals surface area contributed by atoms with Crippen LogP contribution in [-0.4, -0.2) is 33.0 Å². The first-order valence-corrected chi connectivity index (χ1v) is 11.3. The molecule has 0 saturated heterocycles. The van der Waals surface area contributed by atoms with Crippen LogP contribution in [0, 0.1) is 6.92 Å². The molecule has 2 amide bonds. The zero-order chi connectivity index (χ0) is 21.8. The number of anilines is 1. The fourth-order valence-corrected chi connectivity index (χ4v) is 3.34. The number of amides is 2. The fraction of sp³-hybridized carbons (Fsp3) is 0.364. The molecule has 156 valence electrons. The Morgan fingerprint density at radius 2 is 1.62 bits per heavy atom. The monoisotopic (exact) mass is 416 g/mol. The van der Waals surface area contributed by atoms with Gasteiger partial charge in [-0.25, -0.2) is 8.42 Å². The van der Waals surface area contributed by atoms with Gasteiger partial charge in [-0.15, -0.1) is 0 Å². The number of nitrogens with one attached hydrogen (secondary N) is 2. The van der Waals surface area contributed by atoms with Gasteiger partial charge in [0.2, 0.25) is 5.91 Å². The summed E-state index contributed by atoms with van der Waals surface area (Å²) in [4.78, 5) is 24.6. The van der Waals surface area contributed by atoms with Crippen LogP contribution < -0.4 is 10.6 Å². The third-order valence-electron chi connectivity index (χ3n) is 4.56. The van der Waals surface area contributed by atoms with Crippen LogP contribution in [-0.2, 0) is 20.0 Å². The molecule has 2 N–H and O–H groups in total. The van der Waals surface area contributed by atoms with E-state index in [1.807, 2.05) is 12.1 Å². The van der Waals surface area contributed by atoms with Gasteiger partial charge >= 0.3 is 0 Å². The SMILES string of the molecule is Cc1ccc(S(C)(=O)=O)cc1NC(=O)CCNC(=O)c1ccc(C(C)(C)C)cc1. The van der Waals surface area contributed by atoms with Crippen LogP contribution >= 0.6 is 0 Å². The first-order chi connectivity index (χ1) is 13.4. The smallest absolute Gasteiger partial charge is 0.251 e. The minimum absolute atomic E-state index is 0.0135. The van der Waals surface area contributed by atoms with Crippen molar-refractivity contribution >= 4 is 27.3 Å². The summed E-state index contributed by atoms with van der Waals surface area (Å²) in [6.07, 6.45) is 1.20. The van der Waals surface area contributed by atoms with Crippen LogP contribution in [0.15, 0.2) is 47.4 Å². The van der Waals surface area contributed by atoms with E-state index < -0.39 is 9.84 Å². The summed E-state index contributed by atoms with van der Waals surface area (Å²) in [5, 5.41) is 5.43. The number of hydrogen-bond donors (Lipinski definition) is 2. The highest BCUT2D eigenvalue weighted by molar-refractivity contribution is 7.90. The van der Waals surface area contributed by atoms with Crippen molar-refractivity contribution in [3.05, 3.63) is 59.2 Å². The van der Waals surface area contributed by atoms with Gasteiger partial charge in [0, 0.05) is 30.5 Å². The first-order valence-electron chi connectivity index (χ1n) is 9.37. The molecule has 2 aromatic rings. The number of sulfone groups is 1. The van der Waals surface area contributed by atoms with E-state index in [1.54, 1.807) is 25.1 Å². The van der Waals surface area contributed by atoms with Crippen molar-refractivity contribution in [2.45, 2.75) is 44.4 Å². The Morgan fingerprint density at radius 1 is 1.00 bits per heavy atom. The van der Waals surface area contributed by atoms with Crippen LogP contribution in [0.25, 0.3) is 0 Å². The molecule has 6 nitrogen and oxygen atoms in total. The number of carbonyl (C=O) groups excluding carboxylic acids is 2. The van der Waals surface area contributed by atoms with Gasteiger partial charge in [-0.3, -0.25) is 9.59 Å². The van der Waals surface area contributed by atoms with E-state index in [-0.39, 0.29) is 35.1 Å². The fourth-order valence-electron chi connectivity index (χ4n) is 2.69. The minimum Gasteiger partial charge on any atom is -0.352 e. The summed E-state index contributed by atoms with van der Waals surface area (Å²) in [5.41, 5.74) is 2.89. The number of carbonyl (C=O) groups is 2. The molecule has 0 radical (unpaired) electrons. The van der Waals surface area contributed by atoms with E-state index in [2.05, 4.69) is 31.4 Å². The summed E-state index contributed by atoms with van der Waals surface area (Å²) in [5.74, 6) is -0.546. The minimum atomic E-state index is -3.36. The number of aryl methyl sites for hydroxylation is 1. The summed E-state index contributed by atoms with van der Waals surface area (Å²) < 4.78 is 23.4. The topological polar surface area (TPSA) is 92.3 Å². The number of hydrogen-bond acceptors (Lipinski definition) is 4. The molecule has 0 unspecified atom stereocenters. The molecule has 0 aliphatic carbocycles. The Morgan fingerprint density at radius 3 is 2.17 bits per heavy atom. The second-order valence-corrected chi connectivity index (χ2v) is 10.1. The maximum Gasteiger partial charge on any atom is 0.251 e. The first kappa shape index (κ1) is 22.6. The number of rotatable bonds is 6. The molecular weight excluding hydrogens is 388 g/mol. The zero-order valence-electron chi connectivity index (χ0n) is 17.5. The van der Waals surface area contributed by atoms with Gasteiger partial charge in [-0.2, -0.15) is 0 Å². The Kier molecular flexibility index (Phi) is 6.85. The molecular formula is C22H28N2O4S. The van der Waals surface area contributed by atoms with Crippen LogP contribution in [0.5, 0.6) is 0 Å². The van der Waals surface area contributed by atoms with E-state index in [9.17, 15) is 18.0 Å². The van der Waals surface area contributed by atoms with Crippen molar-refractivity contribution in [2.75, 3.05) is 18.1 Å². The predicted molar refractivity (Wildman–Crippen MR) is 115 cm³/mol. The highest BCUT2D eigenvalue weighted by Gasteiger charge is 2.15. The average molecular weight is 417 g/mol. The molecule has 0 atom stereocenters. The molecule has 0 aromatic heterocycles. The third kappa shape index (κ3) is 6.42. The lowest BCUT2D eigenvalue weighted by atomic mass is 9.87. The van der Waals surface area contributed by atoms with Gasteiger partial charge < -0.3 is 10.6 Å². The lowest BCUT2D eigenvalue weighted by Crippen LogP contribution is -2.27. The van der Waals surface area contributed by atoms with Crippen LogP contribution in [0.3, 0.4) is 0 Å². The largest absolute Gasteiger partial charge is 0.352 e. The Bertz CT molecular complexity index is 1000. The molecule has 0 aliphatic rings. The standard InChI is InChI=1S/C22H28N2O4S/c1-15-6-11-18(29(5,27)28)14-19(15)24-20(25)12-13-23-21(26)16-7-9-17(10-8-16)22(2,3)4/h6-11,14H,12-13H2,1-5H3,(H,23,26)(H,24,25). The van der Waals surface area contributed by atoms with Gasteiger partial charge in [0.1, 0.15) is 0 Å². The highest BCUT2D eigenvalue weighted by Crippen LogP contribution is 2.22. The maximum atomic E-state index is 12.2. The van der Waals surface area contributed by atoms with Crippen molar-refractivity contribution in [3.63, 3.8) is 0 Å². The van der Waals surface area contributed by atoms with Gasteiger partial charge in [-0.05, 0) is 47.7 Å². The van der Waals surface area contributed by atoms with Crippen LogP contribution in [0.2, 0.25) is 0 Å². The van der Waals surface area contributed by atoms with E-state index in [4.69, 9.17) is 0 Å². The van der Waals surface area contributed by atoms with E-state index in [0.29, 0.717) is 11.3 Å². The van der Waals surface area contributed by atoms with E-state index >= 15 is 0 Å². The van der Waals surface area contributed by atoms with Crippen molar-refractivity contribution in [1.29, 1.82) is 0 Å². The Balaban J connectivity index is 1.91. The Hall–Kier alpha value is -2.67. The van der Waals surface area contributed by atoms with Gasteiger partial charge in [0.25, 0.3) is 5.91 Å². The van der Waals surface area contributed by atoms with Gasteiger partial charge in [0.15, 0.2) is 9.84 Å². The highest BCUT2D eigenvalue weighted by atomic mass is 32.2. The quantitative estimate of drug-likeness (QED) is 0.754. The lowest BCUT2D eigenvalue weighted by molar-refractivity contribution is -0.116. The van der Waals surface area contributed by atoms with E-state index in [0.717, 1.165) is 17.4 Å². The maximum absolute atomic E-state index is 12.2. The van der Waals surface area contributed by atoms with Gasteiger partial charge in [-0.1, -0.05) is 39.0 Å². The molecule has 0 fully saturated rings. The molecule has 0 spiro atoms. The van der Waals surface area contributed by atoms with Crippen molar-refractivity contribution in [2.24, 2.45) is 0 Å². The molecule has 0 heterocycles. The second-order valence-electron chi connectivity index (χ2n) is 8.13. The molecule has 2 rings (SSSR count). The predicted octanol–water partition coefficient (Wildman–Crippen LogP) is 3.45. The third-order valence-corrected chi connectivity index (χ3v) is 5.67. The summed E-state index contributed by atoms with van der Waals surface area (Å²) >= 11 is 0. The summed E-state index contributed by atoms with van der Waals surface area (Å²) in [6.45, 7) is 8.28. The summed E-state index contributed by atoms with van der Waals surface area (Å²) in [6, 6.07) is 12.0. The summed E-state index contributed by atoms with van der Waals surface area (Å²) in [7, 11) is -3.36. The van der Waals surface area contributed by atoms with Gasteiger partial charge in [0.05, 0.1) is 4.90 Å². The molecule has 7 heteroatoms. The second kappa shape index (κ2) is 8.78. The van der Waals surface area contributed by atoms with Crippen molar-refractivity contribution in [3.8, 4) is 0 Å². The van der Waals surface area contributed by atoms with Crippen LogP contribution in [0.1, 0.15) is 48.7 Å². The van der Waals surface area contributed by atoms with E-state index in [1.165, 1.54) is 12.1 Å². The molecule has 0 bridgehead atoms. The van der Waals surface area contributed by atoms with Crippen molar-refractivity contribution < 1.29 is 18.0 Å². The molecule has 0 saturated carbocycles. The number of benzene rings is 2. The average Bonchev–Trinajstić information content (AvgIpc) is 2.62. The molecule has 2 aromatic carbocycles. The normalized spacial score (nSPS) is 11.8. The molecule has 0 aliphatic heterocycles. The van der Waals surface area contributed by atoms with Crippen molar-refractivity contribution in [1.82, 2.24) is 5.32 Å². The van der Waals surface area contributed by atoms with Crippen LogP contribution in [0.4, 0.5) is 5.69 Å². The Labute approximate surface area is 172 Å². The molecule has 29 heavy (non-hydrogen) atoms. The lowest BCUT2D eigenvalue weighted by Gasteiger charge is -2.19. The zero-order valence-corrected chi connectivity index (χ0v) is 18.3.